The fraction of sp³-hybridized carbons (Fsp3) is 0.778. The molecule has 0 aromatic heterocycles. The van der Waals surface area contributed by atoms with E-state index in [0.29, 0.717) is 13.0 Å². The van der Waals surface area contributed by atoms with Gasteiger partial charge in [-0.3, -0.25) is 9.59 Å². The molecule has 0 aromatic carbocycles. The molecular formula is C9H17N3O4S. The summed E-state index contributed by atoms with van der Waals surface area (Å²) in [6.07, 6.45) is 0.581. The van der Waals surface area contributed by atoms with Crippen LogP contribution in [0.2, 0.25) is 0 Å². The first-order chi connectivity index (χ1) is 7.93. The number of rotatable bonds is 5. The summed E-state index contributed by atoms with van der Waals surface area (Å²) in [6.45, 7) is 0.0419. The van der Waals surface area contributed by atoms with Gasteiger partial charge in [0, 0.05) is 6.54 Å². The van der Waals surface area contributed by atoms with Crippen molar-refractivity contribution in [2.24, 2.45) is 11.7 Å². The highest BCUT2D eigenvalue weighted by atomic mass is 32.2. The average Bonchev–Trinajstić information content (AvgIpc) is 2.63. The number of amides is 2. The molecule has 1 saturated heterocycles. The molecule has 0 aliphatic carbocycles. The van der Waals surface area contributed by atoms with Crippen LogP contribution in [0.25, 0.3) is 0 Å². The fourth-order valence-electron chi connectivity index (χ4n) is 1.60. The third kappa shape index (κ3) is 5.14. The Morgan fingerprint density at radius 3 is 2.47 bits per heavy atom. The molecular weight excluding hydrogens is 246 g/mol. The zero-order valence-corrected chi connectivity index (χ0v) is 10.3. The van der Waals surface area contributed by atoms with Crippen molar-refractivity contribution in [2.45, 2.75) is 6.42 Å². The molecule has 1 atom stereocenters. The van der Waals surface area contributed by atoms with Crippen LogP contribution in [0.15, 0.2) is 0 Å². The molecule has 1 fully saturated rings. The molecule has 1 aliphatic rings. The van der Waals surface area contributed by atoms with Gasteiger partial charge in [0.15, 0.2) is 9.84 Å². The minimum Gasteiger partial charge on any atom is -0.354 e. The van der Waals surface area contributed by atoms with Crippen LogP contribution in [0.1, 0.15) is 6.42 Å². The lowest BCUT2D eigenvalue weighted by Gasteiger charge is -2.09. The normalized spacial score (nSPS) is 22.1. The minimum absolute atomic E-state index is 0.0193. The van der Waals surface area contributed by atoms with Crippen molar-refractivity contribution < 1.29 is 18.0 Å². The zero-order valence-electron chi connectivity index (χ0n) is 9.44. The first-order valence-electron chi connectivity index (χ1n) is 5.37. The number of hydrogen-bond acceptors (Lipinski definition) is 5. The molecule has 4 N–H and O–H groups in total. The summed E-state index contributed by atoms with van der Waals surface area (Å²) >= 11 is 0. The summed E-state index contributed by atoms with van der Waals surface area (Å²) in [5.74, 6) is -0.436. The van der Waals surface area contributed by atoms with Crippen LogP contribution >= 0.6 is 0 Å². The maximum Gasteiger partial charge on any atom is 0.239 e. The van der Waals surface area contributed by atoms with Crippen LogP contribution in [0, 0.1) is 5.92 Å². The van der Waals surface area contributed by atoms with Crippen LogP contribution in [0.4, 0.5) is 0 Å². The van der Waals surface area contributed by atoms with E-state index >= 15 is 0 Å². The molecule has 0 aromatic rings. The Kier molecular flexibility index (Phi) is 4.88. The van der Waals surface area contributed by atoms with Crippen LogP contribution in [0.5, 0.6) is 0 Å². The SMILES string of the molecule is NCC(=O)NCC(=O)NCC1CCS(=O)(=O)C1. The molecule has 1 aliphatic heterocycles. The lowest BCUT2D eigenvalue weighted by molar-refractivity contribution is -0.125. The van der Waals surface area contributed by atoms with Gasteiger partial charge in [-0.15, -0.1) is 0 Å². The van der Waals surface area contributed by atoms with E-state index in [2.05, 4.69) is 10.6 Å². The molecule has 8 heteroatoms. The fourth-order valence-corrected chi connectivity index (χ4v) is 3.47. The number of nitrogens with two attached hydrogens (primary N) is 1. The predicted molar refractivity (Wildman–Crippen MR) is 61.8 cm³/mol. The van der Waals surface area contributed by atoms with Gasteiger partial charge in [-0.25, -0.2) is 8.42 Å². The molecule has 0 spiro atoms. The number of carbonyl (C=O) groups excluding carboxylic acids is 2. The Hall–Kier alpha value is -1.15. The standard InChI is InChI=1S/C9H17N3O4S/c10-3-8(13)12-5-9(14)11-4-7-1-2-17(15,16)6-7/h7H,1-6,10H2,(H,11,14)(H,12,13). The quantitative estimate of drug-likeness (QED) is 0.511. The van der Waals surface area contributed by atoms with E-state index in [1.165, 1.54) is 0 Å². The summed E-state index contributed by atoms with van der Waals surface area (Å²) in [5, 5.41) is 4.91. The van der Waals surface area contributed by atoms with Crippen molar-refractivity contribution in [3.8, 4) is 0 Å². The van der Waals surface area contributed by atoms with E-state index in [1.54, 1.807) is 0 Å². The second-order valence-electron chi connectivity index (χ2n) is 4.05. The monoisotopic (exact) mass is 263 g/mol. The highest BCUT2D eigenvalue weighted by Gasteiger charge is 2.27. The Morgan fingerprint density at radius 2 is 1.94 bits per heavy atom. The largest absolute Gasteiger partial charge is 0.354 e. The van der Waals surface area contributed by atoms with Gasteiger partial charge in [0.1, 0.15) is 0 Å². The predicted octanol–water partition coefficient (Wildman–Crippen LogP) is -2.39. The Morgan fingerprint density at radius 1 is 1.24 bits per heavy atom. The lowest BCUT2D eigenvalue weighted by atomic mass is 10.1. The van der Waals surface area contributed by atoms with Gasteiger partial charge in [-0.05, 0) is 12.3 Å². The Labute approximate surface area is 100 Å². The van der Waals surface area contributed by atoms with Crippen molar-refractivity contribution in [1.29, 1.82) is 0 Å². The molecule has 0 bridgehead atoms. The van der Waals surface area contributed by atoms with E-state index in [4.69, 9.17) is 5.73 Å². The zero-order chi connectivity index (χ0) is 12.9. The van der Waals surface area contributed by atoms with Gasteiger partial charge in [-0.2, -0.15) is 0 Å². The van der Waals surface area contributed by atoms with Crippen molar-refractivity contribution in [3.63, 3.8) is 0 Å². The van der Waals surface area contributed by atoms with Crippen LogP contribution in [0.3, 0.4) is 0 Å². The van der Waals surface area contributed by atoms with Gasteiger partial charge >= 0.3 is 0 Å². The first kappa shape index (κ1) is 13.9. The number of nitrogens with one attached hydrogen (secondary N) is 2. The molecule has 0 saturated carbocycles. The summed E-state index contributed by atoms with van der Waals surface area (Å²) in [4.78, 5) is 22.0. The molecule has 98 valence electrons. The summed E-state index contributed by atoms with van der Waals surface area (Å²) in [5.41, 5.74) is 5.05. The Balaban J connectivity index is 2.19. The summed E-state index contributed by atoms with van der Waals surface area (Å²) < 4.78 is 22.3. The third-order valence-electron chi connectivity index (χ3n) is 2.55. The summed E-state index contributed by atoms with van der Waals surface area (Å²) in [7, 11) is -2.91. The van der Waals surface area contributed by atoms with Gasteiger partial charge in [0.2, 0.25) is 11.8 Å². The average molecular weight is 263 g/mol. The van der Waals surface area contributed by atoms with Crippen molar-refractivity contribution in [1.82, 2.24) is 10.6 Å². The highest BCUT2D eigenvalue weighted by molar-refractivity contribution is 7.91. The van der Waals surface area contributed by atoms with Crippen molar-refractivity contribution in [3.05, 3.63) is 0 Å². The molecule has 7 nitrogen and oxygen atoms in total. The number of sulfone groups is 1. The summed E-state index contributed by atoms with van der Waals surface area (Å²) in [6, 6.07) is 0. The van der Waals surface area contributed by atoms with Crippen LogP contribution in [-0.2, 0) is 19.4 Å². The molecule has 17 heavy (non-hydrogen) atoms. The minimum atomic E-state index is -2.91. The molecule has 1 rings (SSSR count). The lowest BCUT2D eigenvalue weighted by Crippen LogP contribution is -2.41. The van der Waals surface area contributed by atoms with Gasteiger partial charge in [-0.1, -0.05) is 0 Å². The third-order valence-corrected chi connectivity index (χ3v) is 4.38. The van der Waals surface area contributed by atoms with E-state index in [0.717, 1.165) is 0 Å². The molecule has 2 amide bonds. The molecule has 1 heterocycles. The Bertz CT molecular complexity index is 393. The van der Waals surface area contributed by atoms with E-state index < -0.39 is 15.7 Å². The molecule has 0 radical (unpaired) electrons. The molecule has 1 unspecified atom stereocenters. The number of hydrogen-bond donors (Lipinski definition) is 3. The van der Waals surface area contributed by atoms with Crippen LogP contribution < -0.4 is 16.4 Å². The second-order valence-corrected chi connectivity index (χ2v) is 6.28. The van der Waals surface area contributed by atoms with E-state index in [1.807, 2.05) is 0 Å². The van der Waals surface area contributed by atoms with Gasteiger partial charge in [0.05, 0.1) is 24.6 Å². The van der Waals surface area contributed by atoms with E-state index in [-0.39, 0.29) is 36.4 Å². The van der Waals surface area contributed by atoms with Gasteiger partial charge < -0.3 is 16.4 Å². The van der Waals surface area contributed by atoms with E-state index in [9.17, 15) is 18.0 Å². The van der Waals surface area contributed by atoms with Crippen molar-refractivity contribution in [2.75, 3.05) is 31.1 Å². The smallest absolute Gasteiger partial charge is 0.239 e. The van der Waals surface area contributed by atoms with Crippen LogP contribution in [-0.4, -0.2) is 51.4 Å². The maximum atomic E-state index is 11.3. The number of carbonyl (C=O) groups is 2. The topological polar surface area (TPSA) is 118 Å². The van der Waals surface area contributed by atoms with Gasteiger partial charge in [0.25, 0.3) is 0 Å². The first-order valence-corrected chi connectivity index (χ1v) is 7.19. The van der Waals surface area contributed by atoms with Crippen molar-refractivity contribution >= 4 is 21.7 Å². The highest BCUT2D eigenvalue weighted by Crippen LogP contribution is 2.17. The second kappa shape index (κ2) is 5.97. The maximum absolute atomic E-state index is 11.3.